The number of nitrogens with one attached hydrogen (secondary N) is 2. The van der Waals surface area contributed by atoms with Crippen LogP contribution in [0.5, 0.6) is 11.5 Å². The van der Waals surface area contributed by atoms with Crippen molar-refractivity contribution >= 4 is 29.9 Å². The Morgan fingerprint density at radius 3 is 2.71 bits per heavy atom. The molecule has 1 saturated heterocycles. The topological polar surface area (TPSA) is 84.3 Å². The van der Waals surface area contributed by atoms with Crippen molar-refractivity contribution in [1.29, 1.82) is 0 Å². The number of benzene rings is 1. The minimum absolute atomic E-state index is 0. The van der Waals surface area contributed by atoms with Gasteiger partial charge in [0, 0.05) is 31.7 Å². The Labute approximate surface area is 185 Å². The van der Waals surface area contributed by atoms with E-state index in [0.29, 0.717) is 13.2 Å². The number of aliphatic hydroxyl groups excluding tert-OH is 1. The van der Waals surface area contributed by atoms with Crippen LogP contribution in [0.15, 0.2) is 23.2 Å². The van der Waals surface area contributed by atoms with Crippen LogP contribution in [0.2, 0.25) is 0 Å². The minimum atomic E-state index is -0.0485. The first kappa shape index (κ1) is 24.8. The molecule has 0 amide bonds. The molecule has 0 spiro atoms. The lowest BCUT2D eigenvalue weighted by molar-refractivity contribution is 0.131. The number of rotatable bonds is 10. The second kappa shape index (κ2) is 13.1. The van der Waals surface area contributed by atoms with E-state index in [4.69, 9.17) is 19.2 Å². The Bertz CT molecular complexity index is 607. The summed E-state index contributed by atoms with van der Waals surface area (Å²) >= 11 is 0. The molecule has 0 aliphatic carbocycles. The zero-order valence-electron chi connectivity index (χ0n) is 17.1. The third kappa shape index (κ3) is 7.29. The van der Waals surface area contributed by atoms with E-state index in [2.05, 4.69) is 10.6 Å². The first-order chi connectivity index (χ1) is 13.2. The van der Waals surface area contributed by atoms with Crippen molar-refractivity contribution in [3.63, 3.8) is 0 Å². The summed E-state index contributed by atoms with van der Waals surface area (Å²) in [6.07, 6.45) is 2.45. The predicted octanol–water partition coefficient (Wildman–Crippen LogP) is 2.21. The summed E-state index contributed by atoms with van der Waals surface area (Å²) in [4.78, 5) is 4.74. The Hall–Kier alpha value is -1.26. The van der Waals surface area contributed by atoms with Crippen LogP contribution in [0.1, 0.15) is 25.3 Å². The molecule has 1 atom stereocenters. The molecule has 1 aliphatic heterocycles. The highest BCUT2D eigenvalue weighted by molar-refractivity contribution is 14.0. The second-order valence-corrected chi connectivity index (χ2v) is 6.83. The lowest BCUT2D eigenvalue weighted by Gasteiger charge is -2.24. The maximum Gasteiger partial charge on any atom is 0.191 e. The van der Waals surface area contributed by atoms with Crippen LogP contribution < -0.4 is 20.1 Å². The summed E-state index contributed by atoms with van der Waals surface area (Å²) in [7, 11) is 3.34. The average Bonchev–Trinajstić information content (AvgIpc) is 3.15. The molecule has 0 aromatic heterocycles. The van der Waals surface area contributed by atoms with Gasteiger partial charge in [0.05, 0.1) is 27.4 Å². The van der Waals surface area contributed by atoms with Gasteiger partial charge in [0.2, 0.25) is 0 Å². The SMILES string of the molecule is CCNC(=NCC1(CCO)CCOC1)NCCc1cc(OC)ccc1OC.I. The van der Waals surface area contributed by atoms with Crippen molar-refractivity contribution in [2.75, 3.05) is 53.7 Å². The van der Waals surface area contributed by atoms with Crippen LogP contribution >= 0.6 is 24.0 Å². The van der Waals surface area contributed by atoms with Crippen LogP contribution in [0, 0.1) is 5.41 Å². The molecule has 0 radical (unpaired) electrons. The van der Waals surface area contributed by atoms with Gasteiger partial charge in [-0.3, -0.25) is 4.99 Å². The number of aliphatic imine (C=N–C) groups is 1. The van der Waals surface area contributed by atoms with Gasteiger partial charge in [0.15, 0.2) is 5.96 Å². The Morgan fingerprint density at radius 1 is 1.29 bits per heavy atom. The fourth-order valence-corrected chi connectivity index (χ4v) is 3.27. The second-order valence-electron chi connectivity index (χ2n) is 6.83. The van der Waals surface area contributed by atoms with Crippen molar-refractivity contribution < 1.29 is 19.3 Å². The number of halogens is 1. The molecule has 2 rings (SSSR count). The molecule has 160 valence electrons. The maximum atomic E-state index is 9.36. The average molecular weight is 507 g/mol. The van der Waals surface area contributed by atoms with Crippen molar-refractivity contribution in [1.82, 2.24) is 10.6 Å². The Kier molecular flexibility index (Phi) is 11.6. The van der Waals surface area contributed by atoms with Gasteiger partial charge in [-0.2, -0.15) is 0 Å². The molecular weight excluding hydrogens is 473 g/mol. The third-order valence-corrected chi connectivity index (χ3v) is 4.92. The number of methoxy groups -OCH3 is 2. The molecule has 1 heterocycles. The van der Waals surface area contributed by atoms with E-state index in [1.54, 1.807) is 14.2 Å². The molecule has 1 aliphatic rings. The summed E-state index contributed by atoms with van der Waals surface area (Å²) in [5.74, 6) is 2.45. The normalized spacial score (nSPS) is 19.1. The van der Waals surface area contributed by atoms with E-state index in [1.165, 1.54) is 0 Å². The maximum absolute atomic E-state index is 9.36. The van der Waals surface area contributed by atoms with Gasteiger partial charge in [-0.05, 0) is 49.9 Å². The van der Waals surface area contributed by atoms with Crippen molar-refractivity contribution in [2.45, 2.75) is 26.2 Å². The monoisotopic (exact) mass is 507 g/mol. The van der Waals surface area contributed by atoms with Crippen LogP contribution in [-0.4, -0.2) is 64.7 Å². The fraction of sp³-hybridized carbons (Fsp3) is 0.650. The summed E-state index contributed by atoms with van der Waals surface area (Å²) < 4.78 is 16.3. The van der Waals surface area contributed by atoms with Crippen LogP contribution in [0.3, 0.4) is 0 Å². The highest BCUT2D eigenvalue weighted by Crippen LogP contribution is 2.32. The Balaban J connectivity index is 0.00000392. The quantitative estimate of drug-likeness (QED) is 0.256. The molecule has 1 aromatic rings. The highest BCUT2D eigenvalue weighted by atomic mass is 127. The van der Waals surface area contributed by atoms with Gasteiger partial charge in [-0.1, -0.05) is 0 Å². The predicted molar refractivity (Wildman–Crippen MR) is 122 cm³/mol. The summed E-state index contributed by atoms with van der Waals surface area (Å²) in [5, 5.41) is 16.0. The lowest BCUT2D eigenvalue weighted by atomic mass is 9.84. The molecule has 1 aromatic carbocycles. The van der Waals surface area contributed by atoms with Gasteiger partial charge in [-0.15, -0.1) is 24.0 Å². The van der Waals surface area contributed by atoms with E-state index in [9.17, 15) is 5.11 Å². The number of hydrogen-bond acceptors (Lipinski definition) is 5. The van der Waals surface area contributed by atoms with Crippen molar-refractivity contribution in [3.05, 3.63) is 23.8 Å². The van der Waals surface area contributed by atoms with Gasteiger partial charge in [0.1, 0.15) is 11.5 Å². The lowest BCUT2D eigenvalue weighted by Crippen LogP contribution is -2.39. The van der Waals surface area contributed by atoms with Gasteiger partial charge in [-0.25, -0.2) is 0 Å². The van der Waals surface area contributed by atoms with Gasteiger partial charge in [0.25, 0.3) is 0 Å². The summed E-state index contributed by atoms with van der Waals surface area (Å²) in [5.41, 5.74) is 1.04. The van der Waals surface area contributed by atoms with Crippen LogP contribution in [-0.2, 0) is 11.2 Å². The largest absolute Gasteiger partial charge is 0.497 e. The summed E-state index contributed by atoms with van der Waals surface area (Å²) in [6.45, 7) is 5.78. The number of nitrogens with zero attached hydrogens (tertiary/aromatic N) is 1. The van der Waals surface area contributed by atoms with E-state index in [0.717, 1.165) is 62.0 Å². The first-order valence-corrected chi connectivity index (χ1v) is 9.58. The molecule has 8 heteroatoms. The van der Waals surface area contributed by atoms with E-state index in [-0.39, 0.29) is 36.0 Å². The molecule has 1 fully saturated rings. The third-order valence-electron chi connectivity index (χ3n) is 4.92. The zero-order valence-corrected chi connectivity index (χ0v) is 19.5. The van der Waals surface area contributed by atoms with E-state index in [1.807, 2.05) is 25.1 Å². The molecule has 7 nitrogen and oxygen atoms in total. The van der Waals surface area contributed by atoms with Gasteiger partial charge < -0.3 is 30.0 Å². The number of hydrogen-bond donors (Lipinski definition) is 3. The molecular formula is C20H34IN3O4. The smallest absolute Gasteiger partial charge is 0.191 e. The first-order valence-electron chi connectivity index (χ1n) is 9.58. The van der Waals surface area contributed by atoms with E-state index < -0.39 is 0 Å². The number of aliphatic hydroxyl groups is 1. The number of ether oxygens (including phenoxy) is 3. The van der Waals surface area contributed by atoms with Gasteiger partial charge >= 0.3 is 0 Å². The van der Waals surface area contributed by atoms with Crippen LogP contribution in [0.4, 0.5) is 0 Å². The van der Waals surface area contributed by atoms with E-state index >= 15 is 0 Å². The standard InChI is InChI=1S/C20H33N3O4.HI/c1-4-21-19(23-14-20(8-11-24)9-12-27-15-20)22-10-7-16-13-17(25-2)5-6-18(16)26-3;/h5-6,13,24H,4,7-12,14-15H2,1-3H3,(H2,21,22,23);1H. The van der Waals surface area contributed by atoms with Crippen LogP contribution in [0.25, 0.3) is 0 Å². The highest BCUT2D eigenvalue weighted by Gasteiger charge is 2.34. The van der Waals surface area contributed by atoms with Crippen molar-refractivity contribution in [3.8, 4) is 11.5 Å². The molecule has 1 unspecified atom stereocenters. The number of guanidine groups is 1. The molecule has 0 bridgehead atoms. The minimum Gasteiger partial charge on any atom is -0.497 e. The Morgan fingerprint density at radius 2 is 2.11 bits per heavy atom. The molecule has 3 N–H and O–H groups in total. The zero-order chi connectivity index (χ0) is 19.5. The molecule has 28 heavy (non-hydrogen) atoms. The molecule has 0 saturated carbocycles. The summed E-state index contributed by atoms with van der Waals surface area (Å²) in [6, 6.07) is 5.81. The fourth-order valence-electron chi connectivity index (χ4n) is 3.27. The van der Waals surface area contributed by atoms with Crippen molar-refractivity contribution in [2.24, 2.45) is 10.4 Å².